The zero-order valence-corrected chi connectivity index (χ0v) is 19.6. The lowest BCUT2D eigenvalue weighted by atomic mass is 9.97. The number of carbonyl (C=O) groups is 1. The summed E-state index contributed by atoms with van der Waals surface area (Å²) in [6.45, 7) is 8.38. The minimum atomic E-state index is -0.406. The van der Waals surface area contributed by atoms with Crippen molar-refractivity contribution in [3.8, 4) is 0 Å². The minimum absolute atomic E-state index is 0. The average Bonchev–Trinajstić information content (AvgIpc) is 2.71. The molecule has 0 radical (unpaired) electrons. The van der Waals surface area contributed by atoms with Gasteiger partial charge in [0.25, 0.3) is 5.69 Å². The van der Waals surface area contributed by atoms with Crippen LogP contribution in [0.2, 0.25) is 0 Å². The van der Waals surface area contributed by atoms with Crippen LogP contribution in [0.15, 0.2) is 29.3 Å². The fraction of sp³-hybridized carbons (Fsp3) is 0.600. The molecule has 1 N–H and O–H groups in total. The maximum Gasteiger partial charge on any atom is 0.309 e. The third kappa shape index (κ3) is 7.79. The van der Waals surface area contributed by atoms with Gasteiger partial charge < -0.3 is 15.0 Å². The molecule has 1 heterocycles. The number of carbonyl (C=O) groups excluding carboxylic acids is 1. The van der Waals surface area contributed by atoms with Crippen LogP contribution in [0, 0.1) is 16.0 Å². The molecule has 0 saturated carbocycles. The van der Waals surface area contributed by atoms with Crippen molar-refractivity contribution in [2.24, 2.45) is 10.9 Å². The zero-order valence-electron chi connectivity index (χ0n) is 17.3. The van der Waals surface area contributed by atoms with Crippen LogP contribution >= 0.6 is 24.0 Å². The number of halogens is 1. The number of hydrogen-bond donors (Lipinski definition) is 1. The van der Waals surface area contributed by atoms with Crippen LogP contribution < -0.4 is 5.32 Å². The van der Waals surface area contributed by atoms with E-state index in [-0.39, 0.29) is 47.6 Å². The summed E-state index contributed by atoms with van der Waals surface area (Å²) in [5.41, 5.74) is 0.988. The van der Waals surface area contributed by atoms with Gasteiger partial charge in [-0.05, 0) is 38.7 Å². The molecule has 1 aromatic carbocycles. The summed E-state index contributed by atoms with van der Waals surface area (Å²) in [6.07, 6.45) is 2.46. The van der Waals surface area contributed by atoms with Gasteiger partial charge in [-0.1, -0.05) is 19.1 Å². The molecule has 1 aliphatic rings. The van der Waals surface area contributed by atoms with Crippen LogP contribution in [0.5, 0.6) is 0 Å². The smallest absolute Gasteiger partial charge is 0.309 e. The summed E-state index contributed by atoms with van der Waals surface area (Å²) < 4.78 is 5.14. The summed E-state index contributed by atoms with van der Waals surface area (Å²) in [6, 6.07) is 6.73. The first-order valence-corrected chi connectivity index (χ1v) is 9.90. The molecule has 1 atom stereocenters. The van der Waals surface area contributed by atoms with Crippen molar-refractivity contribution < 1.29 is 14.5 Å². The normalized spacial score (nSPS) is 16.0. The van der Waals surface area contributed by atoms with Crippen LogP contribution in [-0.2, 0) is 16.1 Å². The lowest BCUT2D eigenvalue weighted by Gasteiger charge is -2.34. The van der Waals surface area contributed by atoms with Crippen molar-refractivity contribution in [1.29, 1.82) is 0 Å². The Morgan fingerprint density at radius 3 is 2.45 bits per heavy atom. The van der Waals surface area contributed by atoms with E-state index in [1.165, 1.54) is 12.1 Å². The van der Waals surface area contributed by atoms with E-state index < -0.39 is 4.92 Å². The Balaban J connectivity index is 0.00000420. The number of aliphatic imine (C=N–C) groups is 1. The summed E-state index contributed by atoms with van der Waals surface area (Å²) >= 11 is 0. The Bertz CT molecular complexity index is 688. The van der Waals surface area contributed by atoms with Crippen molar-refractivity contribution in [3.63, 3.8) is 0 Å². The van der Waals surface area contributed by atoms with E-state index in [9.17, 15) is 14.9 Å². The third-order valence-electron chi connectivity index (χ3n) is 4.96. The molecule has 1 aromatic rings. The van der Waals surface area contributed by atoms with Gasteiger partial charge in [0.05, 0.1) is 24.0 Å². The van der Waals surface area contributed by atoms with Gasteiger partial charge in [0, 0.05) is 31.3 Å². The molecule has 0 amide bonds. The predicted octanol–water partition coefficient (Wildman–Crippen LogP) is 3.73. The molecule has 2 rings (SSSR count). The molecule has 0 aliphatic carbocycles. The first-order valence-electron chi connectivity index (χ1n) is 9.90. The van der Waals surface area contributed by atoms with Gasteiger partial charge in [-0.3, -0.25) is 14.9 Å². The van der Waals surface area contributed by atoms with Gasteiger partial charge in [0.1, 0.15) is 0 Å². The minimum Gasteiger partial charge on any atom is -0.466 e. The maximum atomic E-state index is 12.0. The number of hydrogen-bond acceptors (Lipinski definition) is 5. The lowest BCUT2D eigenvalue weighted by Crippen LogP contribution is -2.49. The highest BCUT2D eigenvalue weighted by atomic mass is 127. The van der Waals surface area contributed by atoms with Crippen LogP contribution in [0.3, 0.4) is 0 Å². The summed E-state index contributed by atoms with van der Waals surface area (Å²) in [7, 11) is 0. The highest BCUT2D eigenvalue weighted by Gasteiger charge is 2.27. The number of nitrogens with one attached hydrogen (secondary N) is 1. The van der Waals surface area contributed by atoms with E-state index in [1.807, 2.05) is 6.92 Å². The fourth-order valence-corrected chi connectivity index (χ4v) is 3.04. The van der Waals surface area contributed by atoms with E-state index in [4.69, 9.17) is 9.73 Å². The number of non-ortho nitro benzene ring substituents is 1. The Morgan fingerprint density at radius 1 is 1.31 bits per heavy atom. The van der Waals surface area contributed by atoms with Crippen molar-refractivity contribution in [2.75, 3.05) is 19.7 Å². The highest BCUT2D eigenvalue weighted by Crippen LogP contribution is 2.19. The van der Waals surface area contributed by atoms with Crippen molar-refractivity contribution >= 4 is 41.6 Å². The number of nitro benzene ring substituents is 1. The monoisotopic (exact) mass is 518 g/mol. The Kier molecular flexibility index (Phi) is 10.9. The summed E-state index contributed by atoms with van der Waals surface area (Å²) in [5, 5.41) is 14.2. The van der Waals surface area contributed by atoms with E-state index in [0.29, 0.717) is 13.2 Å². The number of rotatable bonds is 7. The van der Waals surface area contributed by atoms with Crippen LogP contribution in [-0.4, -0.2) is 47.5 Å². The quantitative estimate of drug-likeness (QED) is 0.148. The van der Waals surface area contributed by atoms with E-state index in [1.54, 1.807) is 12.1 Å². The Labute approximate surface area is 189 Å². The number of nitrogens with zero attached hydrogens (tertiary/aromatic N) is 3. The number of esters is 1. The number of piperidine rings is 1. The van der Waals surface area contributed by atoms with E-state index in [0.717, 1.165) is 43.9 Å². The molecule has 1 saturated heterocycles. The molecular formula is C20H31IN4O4. The van der Waals surface area contributed by atoms with Crippen molar-refractivity contribution in [3.05, 3.63) is 39.9 Å². The SMILES string of the molecule is CCOC(=O)C1CCN(C(=NCc2ccc([N+](=O)[O-])cc2)NC(C)CC)CC1.I. The predicted molar refractivity (Wildman–Crippen MR) is 123 cm³/mol. The molecule has 0 aromatic heterocycles. The van der Waals surface area contributed by atoms with Gasteiger partial charge >= 0.3 is 5.97 Å². The van der Waals surface area contributed by atoms with E-state index >= 15 is 0 Å². The molecule has 0 bridgehead atoms. The average molecular weight is 518 g/mol. The first kappa shape index (κ1) is 25.1. The molecule has 162 valence electrons. The van der Waals surface area contributed by atoms with Gasteiger partial charge in [-0.15, -0.1) is 24.0 Å². The van der Waals surface area contributed by atoms with Crippen LogP contribution in [0.4, 0.5) is 5.69 Å². The Hall–Kier alpha value is -1.91. The fourth-order valence-electron chi connectivity index (χ4n) is 3.04. The number of benzene rings is 1. The number of ether oxygens (including phenoxy) is 1. The van der Waals surface area contributed by atoms with Crippen LogP contribution in [0.25, 0.3) is 0 Å². The van der Waals surface area contributed by atoms with Crippen LogP contribution in [0.1, 0.15) is 45.6 Å². The zero-order chi connectivity index (χ0) is 20.5. The topological polar surface area (TPSA) is 97.1 Å². The molecule has 1 aliphatic heterocycles. The molecule has 0 spiro atoms. The second-order valence-electron chi connectivity index (χ2n) is 7.03. The van der Waals surface area contributed by atoms with Crippen molar-refractivity contribution in [1.82, 2.24) is 10.2 Å². The van der Waals surface area contributed by atoms with Crippen molar-refractivity contribution in [2.45, 2.75) is 52.6 Å². The molecule has 9 heteroatoms. The highest BCUT2D eigenvalue weighted by molar-refractivity contribution is 14.0. The molecule has 29 heavy (non-hydrogen) atoms. The van der Waals surface area contributed by atoms with Gasteiger partial charge in [-0.2, -0.15) is 0 Å². The number of guanidine groups is 1. The summed E-state index contributed by atoms with van der Waals surface area (Å²) in [4.78, 5) is 29.2. The van der Waals surface area contributed by atoms with Gasteiger partial charge in [-0.25, -0.2) is 4.99 Å². The maximum absolute atomic E-state index is 12.0. The summed E-state index contributed by atoms with van der Waals surface area (Å²) in [5.74, 6) is 0.659. The van der Waals surface area contributed by atoms with Gasteiger partial charge in [0.15, 0.2) is 5.96 Å². The van der Waals surface area contributed by atoms with E-state index in [2.05, 4.69) is 24.1 Å². The molecule has 8 nitrogen and oxygen atoms in total. The molecule has 1 unspecified atom stereocenters. The number of nitro groups is 1. The molecular weight excluding hydrogens is 487 g/mol. The molecule has 1 fully saturated rings. The second kappa shape index (κ2) is 12.6. The largest absolute Gasteiger partial charge is 0.466 e. The number of likely N-dealkylation sites (tertiary alicyclic amines) is 1. The third-order valence-corrected chi connectivity index (χ3v) is 4.96. The lowest BCUT2D eigenvalue weighted by molar-refractivity contribution is -0.384. The Morgan fingerprint density at radius 2 is 1.93 bits per heavy atom. The first-order chi connectivity index (χ1) is 13.4. The van der Waals surface area contributed by atoms with Gasteiger partial charge in [0.2, 0.25) is 0 Å². The second-order valence-corrected chi connectivity index (χ2v) is 7.03. The standard InChI is InChI=1S/C20H30N4O4.HI/c1-4-15(3)22-20(21-14-16-6-8-18(9-7-16)24(26)27)23-12-10-17(11-13-23)19(25)28-5-2;/h6-9,15,17H,4-5,10-14H2,1-3H3,(H,21,22);1H.